The van der Waals surface area contributed by atoms with Crippen LogP contribution in [-0.2, 0) is 16.1 Å². The molecule has 0 atom stereocenters. The number of methoxy groups -OCH3 is 1. The lowest BCUT2D eigenvalue weighted by atomic mass is 10.1. The number of nitrogens with one attached hydrogen (secondary N) is 1. The van der Waals surface area contributed by atoms with E-state index in [0.717, 1.165) is 19.6 Å². The molecule has 6 heteroatoms. The number of amides is 2. The summed E-state index contributed by atoms with van der Waals surface area (Å²) in [6, 6.07) is 8.37. The van der Waals surface area contributed by atoms with Gasteiger partial charge in [0.1, 0.15) is 6.54 Å². The van der Waals surface area contributed by atoms with Gasteiger partial charge in [-0.3, -0.25) is 9.69 Å². The minimum Gasteiger partial charge on any atom is -0.453 e. The van der Waals surface area contributed by atoms with E-state index in [0.29, 0.717) is 13.1 Å². The molecule has 22 heavy (non-hydrogen) atoms. The summed E-state index contributed by atoms with van der Waals surface area (Å²) in [6.45, 7) is 6.09. The average Bonchev–Trinajstić information content (AvgIpc) is 2.55. The van der Waals surface area contributed by atoms with E-state index in [2.05, 4.69) is 40.1 Å². The number of carbonyl (C=O) groups is 2. The van der Waals surface area contributed by atoms with Gasteiger partial charge in [0, 0.05) is 32.7 Å². The summed E-state index contributed by atoms with van der Waals surface area (Å²) in [6.07, 6.45) is -0.577. The highest BCUT2D eigenvalue weighted by Gasteiger charge is 2.21. The van der Waals surface area contributed by atoms with Gasteiger partial charge in [-0.05, 0) is 18.1 Å². The van der Waals surface area contributed by atoms with E-state index in [4.69, 9.17) is 0 Å². The van der Waals surface area contributed by atoms with Gasteiger partial charge in [-0.25, -0.2) is 4.79 Å². The van der Waals surface area contributed by atoms with E-state index in [9.17, 15) is 9.59 Å². The maximum Gasteiger partial charge on any atom is 0.407 e. The van der Waals surface area contributed by atoms with Crippen molar-refractivity contribution in [1.82, 2.24) is 15.1 Å². The number of ether oxygens (including phenoxy) is 1. The Bertz CT molecular complexity index is 525. The van der Waals surface area contributed by atoms with Crippen molar-refractivity contribution in [2.75, 3.05) is 39.8 Å². The minimum atomic E-state index is -0.577. The molecule has 0 spiro atoms. The van der Waals surface area contributed by atoms with E-state index >= 15 is 0 Å². The number of alkyl carbamates (subject to hydrolysis) is 1. The fraction of sp³-hybridized carbons (Fsp3) is 0.500. The molecule has 2 rings (SSSR count). The van der Waals surface area contributed by atoms with Gasteiger partial charge in [0.2, 0.25) is 5.91 Å². The highest BCUT2D eigenvalue weighted by Crippen LogP contribution is 2.12. The molecule has 1 aliphatic rings. The molecule has 0 bridgehead atoms. The van der Waals surface area contributed by atoms with Crippen molar-refractivity contribution in [1.29, 1.82) is 0 Å². The van der Waals surface area contributed by atoms with Crippen LogP contribution < -0.4 is 5.32 Å². The van der Waals surface area contributed by atoms with Crippen molar-refractivity contribution in [3.05, 3.63) is 35.4 Å². The largest absolute Gasteiger partial charge is 0.453 e. The molecule has 1 fully saturated rings. The van der Waals surface area contributed by atoms with Crippen LogP contribution in [-0.4, -0.2) is 61.6 Å². The van der Waals surface area contributed by atoms with E-state index in [1.807, 2.05) is 6.07 Å². The predicted octanol–water partition coefficient (Wildman–Crippen LogP) is 0.995. The molecule has 0 radical (unpaired) electrons. The molecular weight excluding hydrogens is 282 g/mol. The van der Waals surface area contributed by atoms with Gasteiger partial charge < -0.3 is 15.0 Å². The van der Waals surface area contributed by atoms with Gasteiger partial charge in [0.15, 0.2) is 0 Å². The zero-order valence-corrected chi connectivity index (χ0v) is 13.2. The summed E-state index contributed by atoms with van der Waals surface area (Å²) in [7, 11) is 1.28. The number of hydrogen-bond donors (Lipinski definition) is 1. The molecule has 6 nitrogen and oxygen atoms in total. The molecule has 0 aliphatic carbocycles. The molecule has 1 aliphatic heterocycles. The fourth-order valence-electron chi connectivity index (χ4n) is 2.52. The molecule has 1 N–H and O–H groups in total. The molecule has 1 aromatic carbocycles. The number of aryl methyl sites for hydroxylation is 1. The third kappa shape index (κ3) is 4.46. The molecule has 0 aromatic heterocycles. The Hall–Kier alpha value is -2.08. The number of carbonyl (C=O) groups excluding carboxylic acids is 2. The third-order valence-electron chi connectivity index (χ3n) is 3.95. The maximum atomic E-state index is 12.0. The Kier molecular flexibility index (Phi) is 5.77. The Morgan fingerprint density at radius 1 is 1.18 bits per heavy atom. The van der Waals surface area contributed by atoms with E-state index in [1.165, 1.54) is 18.2 Å². The molecule has 0 unspecified atom stereocenters. The van der Waals surface area contributed by atoms with Crippen LogP contribution in [0.1, 0.15) is 11.1 Å². The number of benzene rings is 1. The highest BCUT2D eigenvalue weighted by molar-refractivity contribution is 5.82. The second-order valence-electron chi connectivity index (χ2n) is 5.43. The first-order valence-electron chi connectivity index (χ1n) is 7.46. The fourth-order valence-corrected chi connectivity index (χ4v) is 2.52. The lowest BCUT2D eigenvalue weighted by Gasteiger charge is -2.35. The number of nitrogens with zero attached hydrogens (tertiary/aromatic N) is 2. The van der Waals surface area contributed by atoms with Crippen LogP contribution in [0.25, 0.3) is 0 Å². The zero-order valence-electron chi connectivity index (χ0n) is 13.2. The highest BCUT2D eigenvalue weighted by atomic mass is 16.5. The van der Waals surface area contributed by atoms with E-state index in [1.54, 1.807) is 4.90 Å². The predicted molar refractivity (Wildman–Crippen MR) is 83.4 cm³/mol. The summed E-state index contributed by atoms with van der Waals surface area (Å²) in [5.41, 5.74) is 2.62. The Labute approximate surface area is 131 Å². The van der Waals surface area contributed by atoms with Gasteiger partial charge in [-0.2, -0.15) is 0 Å². The van der Waals surface area contributed by atoms with Crippen LogP contribution in [0.2, 0.25) is 0 Å². The van der Waals surface area contributed by atoms with Gasteiger partial charge in [-0.1, -0.05) is 24.3 Å². The second kappa shape index (κ2) is 7.79. The van der Waals surface area contributed by atoms with Gasteiger partial charge in [-0.15, -0.1) is 0 Å². The summed E-state index contributed by atoms with van der Waals surface area (Å²) in [5, 5.41) is 2.42. The summed E-state index contributed by atoms with van der Waals surface area (Å²) in [5.74, 6) is -0.0686. The number of hydrogen-bond acceptors (Lipinski definition) is 4. The quantitative estimate of drug-likeness (QED) is 0.901. The van der Waals surface area contributed by atoms with Crippen molar-refractivity contribution >= 4 is 12.0 Å². The molecule has 1 saturated heterocycles. The van der Waals surface area contributed by atoms with Crippen LogP contribution in [0.15, 0.2) is 24.3 Å². The van der Waals surface area contributed by atoms with Crippen molar-refractivity contribution in [2.24, 2.45) is 0 Å². The summed E-state index contributed by atoms with van der Waals surface area (Å²) in [4.78, 5) is 27.1. The topological polar surface area (TPSA) is 61.9 Å². The first-order chi connectivity index (χ1) is 10.6. The Balaban J connectivity index is 1.77. The van der Waals surface area contributed by atoms with Crippen LogP contribution in [0.3, 0.4) is 0 Å². The SMILES string of the molecule is COC(=O)NCC(=O)N1CCN(Cc2ccccc2C)CC1. The lowest BCUT2D eigenvalue weighted by Crippen LogP contribution is -2.50. The van der Waals surface area contributed by atoms with Crippen molar-refractivity contribution in [3.8, 4) is 0 Å². The van der Waals surface area contributed by atoms with Crippen molar-refractivity contribution < 1.29 is 14.3 Å². The molecule has 0 saturated carbocycles. The number of piperazine rings is 1. The molecule has 1 heterocycles. The Morgan fingerprint density at radius 3 is 2.50 bits per heavy atom. The zero-order chi connectivity index (χ0) is 15.9. The van der Waals surface area contributed by atoms with Gasteiger partial charge in [0.05, 0.1) is 7.11 Å². The third-order valence-corrected chi connectivity index (χ3v) is 3.95. The molecule has 2 amide bonds. The average molecular weight is 305 g/mol. The van der Waals surface area contributed by atoms with Crippen molar-refractivity contribution in [2.45, 2.75) is 13.5 Å². The van der Waals surface area contributed by atoms with Gasteiger partial charge in [0.25, 0.3) is 0 Å². The monoisotopic (exact) mass is 305 g/mol. The normalized spacial score (nSPS) is 15.5. The van der Waals surface area contributed by atoms with Gasteiger partial charge >= 0.3 is 6.09 Å². The minimum absolute atomic E-state index is 0.00946. The number of rotatable bonds is 4. The summed E-state index contributed by atoms with van der Waals surface area (Å²) >= 11 is 0. The molecular formula is C16H23N3O3. The van der Waals surface area contributed by atoms with E-state index in [-0.39, 0.29) is 12.5 Å². The lowest BCUT2D eigenvalue weighted by molar-refractivity contribution is -0.131. The Morgan fingerprint density at radius 2 is 1.86 bits per heavy atom. The van der Waals surface area contributed by atoms with Crippen LogP contribution in [0.4, 0.5) is 4.79 Å². The van der Waals surface area contributed by atoms with Crippen LogP contribution in [0, 0.1) is 6.92 Å². The first kappa shape index (κ1) is 16.3. The molecule has 1 aromatic rings. The summed E-state index contributed by atoms with van der Waals surface area (Å²) < 4.78 is 4.45. The smallest absolute Gasteiger partial charge is 0.407 e. The van der Waals surface area contributed by atoms with Crippen molar-refractivity contribution in [3.63, 3.8) is 0 Å². The van der Waals surface area contributed by atoms with Crippen LogP contribution in [0.5, 0.6) is 0 Å². The van der Waals surface area contributed by atoms with E-state index < -0.39 is 6.09 Å². The van der Waals surface area contributed by atoms with Crippen LogP contribution >= 0.6 is 0 Å². The second-order valence-corrected chi connectivity index (χ2v) is 5.43. The molecule has 120 valence electrons. The maximum absolute atomic E-state index is 12.0. The standard InChI is InChI=1S/C16H23N3O3/c1-13-5-3-4-6-14(13)12-18-7-9-19(10-8-18)15(20)11-17-16(21)22-2/h3-6H,7-12H2,1-2H3,(H,17,21). The first-order valence-corrected chi connectivity index (χ1v) is 7.46.